The minimum absolute atomic E-state index is 0.101. The molecule has 4 nitrogen and oxygen atoms in total. The van der Waals surface area contributed by atoms with Crippen molar-refractivity contribution in [3.8, 4) is 0 Å². The number of hydrogen-bond acceptors (Lipinski definition) is 3. The van der Waals surface area contributed by atoms with E-state index < -0.39 is 10.0 Å². The lowest BCUT2D eigenvalue weighted by atomic mass is 10.0. The molecule has 1 aliphatic rings. The lowest BCUT2D eigenvalue weighted by Gasteiger charge is -2.29. The van der Waals surface area contributed by atoms with Crippen LogP contribution in [0.2, 0.25) is 0 Å². The van der Waals surface area contributed by atoms with Crippen molar-refractivity contribution in [2.45, 2.75) is 26.2 Å². The van der Waals surface area contributed by atoms with Crippen LogP contribution in [0.5, 0.6) is 0 Å². The second kappa shape index (κ2) is 4.89. The average Bonchev–Trinajstić information content (AvgIpc) is 2.18. The van der Waals surface area contributed by atoms with Crippen LogP contribution in [0.25, 0.3) is 0 Å². The molecule has 0 aromatic heterocycles. The van der Waals surface area contributed by atoms with Gasteiger partial charge in [-0.3, -0.25) is 0 Å². The van der Waals surface area contributed by atoms with Gasteiger partial charge in [-0.25, -0.2) is 12.7 Å². The highest BCUT2D eigenvalue weighted by Crippen LogP contribution is 2.17. The predicted octanol–water partition coefficient (Wildman–Crippen LogP) is 0.637. The first-order valence-corrected chi connectivity index (χ1v) is 6.64. The largest absolute Gasteiger partial charge is 0.303 e. The lowest BCUT2D eigenvalue weighted by Crippen LogP contribution is -2.41. The van der Waals surface area contributed by atoms with Gasteiger partial charge >= 0.3 is 0 Å². The molecule has 1 aliphatic heterocycles. The van der Waals surface area contributed by atoms with Crippen molar-refractivity contribution in [2.24, 2.45) is 5.92 Å². The number of nitrogens with zero attached hydrogens (tertiary/aromatic N) is 1. The molecule has 0 aromatic rings. The third kappa shape index (κ3) is 2.78. The van der Waals surface area contributed by atoms with Gasteiger partial charge in [-0.1, -0.05) is 6.92 Å². The molecule has 1 fully saturated rings. The number of sulfonamides is 1. The Kier molecular flexibility index (Phi) is 4.07. The maximum Gasteiger partial charge on any atom is 0.214 e. The second-order valence-electron chi connectivity index (χ2n) is 3.71. The molecule has 0 aliphatic carbocycles. The van der Waals surface area contributed by atoms with Crippen molar-refractivity contribution >= 4 is 16.3 Å². The number of rotatable bonds is 4. The molecule has 1 saturated heterocycles. The fourth-order valence-corrected chi connectivity index (χ4v) is 3.32. The molecule has 1 atom stereocenters. The molecule has 0 saturated carbocycles. The third-order valence-electron chi connectivity index (χ3n) is 2.47. The molecule has 0 amide bonds. The smallest absolute Gasteiger partial charge is 0.214 e. The van der Waals surface area contributed by atoms with Gasteiger partial charge in [-0.15, -0.1) is 0 Å². The molecular weight excluding hydrogens is 202 g/mol. The van der Waals surface area contributed by atoms with Crippen molar-refractivity contribution in [3.05, 3.63) is 0 Å². The zero-order chi connectivity index (χ0) is 10.6. The molecule has 1 heterocycles. The Balaban J connectivity index is 2.64. The van der Waals surface area contributed by atoms with Crippen molar-refractivity contribution in [3.63, 3.8) is 0 Å². The van der Waals surface area contributed by atoms with Crippen molar-refractivity contribution in [1.82, 2.24) is 4.31 Å². The van der Waals surface area contributed by atoms with Crippen molar-refractivity contribution in [1.29, 1.82) is 0 Å². The van der Waals surface area contributed by atoms with E-state index in [1.807, 2.05) is 6.92 Å². The number of carbonyl (C=O) groups excluding carboxylic acids is 1. The number of carbonyl (C=O) groups is 1. The van der Waals surface area contributed by atoms with Crippen LogP contribution in [0.4, 0.5) is 0 Å². The second-order valence-corrected chi connectivity index (χ2v) is 5.80. The predicted molar refractivity (Wildman–Crippen MR) is 54.4 cm³/mol. The van der Waals surface area contributed by atoms with E-state index in [9.17, 15) is 13.2 Å². The summed E-state index contributed by atoms with van der Waals surface area (Å²) in [6.45, 7) is 2.80. The SMILES string of the molecule is CCCS(=O)(=O)N1CCCC(C=O)C1. The van der Waals surface area contributed by atoms with Gasteiger partial charge in [0.2, 0.25) is 10.0 Å². The molecule has 0 aromatic carbocycles. The fourth-order valence-electron chi connectivity index (χ4n) is 1.72. The standard InChI is InChI=1S/C9H17NO3S/c1-2-6-14(12,13)10-5-3-4-9(7-10)8-11/h8-9H,2-7H2,1H3. The Morgan fingerprint density at radius 3 is 2.79 bits per heavy atom. The van der Waals surface area contributed by atoms with Crippen LogP contribution >= 0.6 is 0 Å². The van der Waals surface area contributed by atoms with Crippen molar-refractivity contribution in [2.75, 3.05) is 18.8 Å². The van der Waals surface area contributed by atoms with E-state index in [4.69, 9.17) is 0 Å². The molecule has 0 bridgehead atoms. The average molecular weight is 219 g/mol. The van der Waals surface area contributed by atoms with E-state index in [0.717, 1.165) is 19.1 Å². The van der Waals surface area contributed by atoms with E-state index >= 15 is 0 Å². The van der Waals surface area contributed by atoms with Gasteiger partial charge in [0, 0.05) is 19.0 Å². The summed E-state index contributed by atoms with van der Waals surface area (Å²) in [5.41, 5.74) is 0. The Morgan fingerprint density at radius 1 is 1.50 bits per heavy atom. The topological polar surface area (TPSA) is 54.5 Å². The van der Waals surface area contributed by atoms with E-state index in [1.165, 1.54) is 4.31 Å². The molecule has 5 heteroatoms. The van der Waals surface area contributed by atoms with Gasteiger partial charge in [0.1, 0.15) is 6.29 Å². The maximum absolute atomic E-state index is 11.7. The van der Waals surface area contributed by atoms with E-state index in [0.29, 0.717) is 19.5 Å². The Bertz CT molecular complexity index is 286. The first-order chi connectivity index (χ1) is 6.60. The van der Waals surface area contributed by atoms with Gasteiger partial charge in [-0.2, -0.15) is 0 Å². The lowest BCUT2D eigenvalue weighted by molar-refractivity contribution is -0.112. The summed E-state index contributed by atoms with van der Waals surface area (Å²) in [5.74, 6) is 0.0915. The van der Waals surface area contributed by atoms with E-state index in [2.05, 4.69) is 0 Å². The zero-order valence-corrected chi connectivity index (χ0v) is 9.29. The van der Waals surface area contributed by atoms with Gasteiger partial charge in [-0.05, 0) is 19.3 Å². The Morgan fingerprint density at radius 2 is 2.21 bits per heavy atom. The first kappa shape index (κ1) is 11.7. The van der Waals surface area contributed by atoms with Crippen LogP contribution in [-0.4, -0.2) is 37.9 Å². The normalized spacial score (nSPS) is 24.8. The molecular formula is C9H17NO3S. The summed E-state index contributed by atoms with van der Waals surface area (Å²) in [6, 6.07) is 0. The van der Waals surface area contributed by atoms with Crippen LogP contribution in [-0.2, 0) is 14.8 Å². The van der Waals surface area contributed by atoms with Gasteiger partial charge in [0.25, 0.3) is 0 Å². The molecule has 82 valence electrons. The summed E-state index contributed by atoms with van der Waals surface area (Å²) in [5, 5.41) is 0. The minimum Gasteiger partial charge on any atom is -0.303 e. The van der Waals surface area contributed by atoms with Gasteiger partial charge < -0.3 is 4.79 Å². The van der Waals surface area contributed by atoms with Crippen LogP contribution in [0.15, 0.2) is 0 Å². The van der Waals surface area contributed by atoms with Crippen LogP contribution in [0, 0.1) is 5.92 Å². The number of piperidine rings is 1. The van der Waals surface area contributed by atoms with Crippen molar-refractivity contribution < 1.29 is 13.2 Å². The number of aldehydes is 1. The van der Waals surface area contributed by atoms with Gasteiger partial charge in [0.05, 0.1) is 5.75 Å². The quantitative estimate of drug-likeness (QED) is 0.652. The van der Waals surface area contributed by atoms with Crippen LogP contribution in [0.1, 0.15) is 26.2 Å². The molecule has 0 N–H and O–H groups in total. The Labute approximate surface area is 85.3 Å². The van der Waals surface area contributed by atoms with E-state index in [1.54, 1.807) is 0 Å². The molecule has 0 spiro atoms. The van der Waals surface area contributed by atoms with E-state index in [-0.39, 0.29) is 11.7 Å². The highest BCUT2D eigenvalue weighted by Gasteiger charge is 2.27. The summed E-state index contributed by atoms with van der Waals surface area (Å²) < 4.78 is 24.8. The summed E-state index contributed by atoms with van der Waals surface area (Å²) in [4.78, 5) is 10.6. The van der Waals surface area contributed by atoms with Crippen LogP contribution in [0.3, 0.4) is 0 Å². The summed E-state index contributed by atoms with van der Waals surface area (Å²) in [6.07, 6.45) is 3.12. The fraction of sp³-hybridized carbons (Fsp3) is 0.889. The van der Waals surface area contributed by atoms with Crippen LogP contribution < -0.4 is 0 Å². The summed E-state index contributed by atoms with van der Waals surface area (Å²) in [7, 11) is -3.10. The maximum atomic E-state index is 11.7. The highest BCUT2D eigenvalue weighted by atomic mass is 32.2. The Hall–Kier alpha value is -0.420. The minimum atomic E-state index is -3.10. The number of hydrogen-bond donors (Lipinski definition) is 0. The molecule has 14 heavy (non-hydrogen) atoms. The summed E-state index contributed by atoms with van der Waals surface area (Å²) >= 11 is 0. The molecule has 0 radical (unpaired) electrons. The first-order valence-electron chi connectivity index (χ1n) is 5.03. The monoisotopic (exact) mass is 219 g/mol. The highest BCUT2D eigenvalue weighted by molar-refractivity contribution is 7.89. The zero-order valence-electron chi connectivity index (χ0n) is 8.48. The van der Waals surface area contributed by atoms with Gasteiger partial charge in [0.15, 0.2) is 0 Å². The third-order valence-corrected chi connectivity index (χ3v) is 4.51. The molecule has 1 unspecified atom stereocenters. The molecule has 1 rings (SSSR count).